The lowest BCUT2D eigenvalue weighted by atomic mass is 10.1. The molecule has 0 bridgehead atoms. The van der Waals surface area contributed by atoms with Crippen LogP contribution in [0.5, 0.6) is 0 Å². The number of anilines is 1. The fourth-order valence-corrected chi connectivity index (χ4v) is 1.79. The van der Waals surface area contributed by atoms with Gasteiger partial charge in [0.15, 0.2) is 0 Å². The first-order chi connectivity index (χ1) is 9.84. The van der Waals surface area contributed by atoms with Crippen LogP contribution in [-0.2, 0) is 17.4 Å². The van der Waals surface area contributed by atoms with E-state index in [-0.39, 0.29) is 18.0 Å². The minimum Gasteiger partial charge on any atom is -0.324 e. The lowest BCUT2D eigenvalue weighted by Crippen LogP contribution is -2.15. The predicted molar refractivity (Wildman–Crippen MR) is 75.3 cm³/mol. The van der Waals surface area contributed by atoms with E-state index in [9.17, 15) is 18.0 Å². The first-order valence-corrected chi connectivity index (χ1v) is 6.40. The Labute approximate surface area is 124 Å². The van der Waals surface area contributed by atoms with Crippen LogP contribution in [-0.4, -0.2) is 10.9 Å². The second kappa shape index (κ2) is 6.17. The molecule has 1 aromatic carbocycles. The summed E-state index contributed by atoms with van der Waals surface area (Å²) in [7, 11) is 0. The zero-order valence-electron chi connectivity index (χ0n) is 10.7. The van der Waals surface area contributed by atoms with E-state index in [1.807, 2.05) is 0 Å². The van der Waals surface area contributed by atoms with Crippen LogP contribution < -0.4 is 5.32 Å². The number of thiol groups is 1. The Morgan fingerprint density at radius 3 is 2.33 bits per heavy atom. The molecule has 0 saturated heterocycles. The van der Waals surface area contributed by atoms with Gasteiger partial charge in [-0.3, -0.25) is 4.79 Å². The number of hydrogen-bond acceptors (Lipinski definition) is 3. The number of rotatable bonds is 3. The van der Waals surface area contributed by atoms with Crippen LogP contribution in [0.25, 0.3) is 0 Å². The zero-order chi connectivity index (χ0) is 15.5. The van der Waals surface area contributed by atoms with Gasteiger partial charge in [-0.15, -0.1) is 12.6 Å². The number of amides is 1. The monoisotopic (exact) mass is 312 g/mol. The van der Waals surface area contributed by atoms with Crippen molar-refractivity contribution < 1.29 is 18.0 Å². The van der Waals surface area contributed by atoms with Crippen molar-refractivity contribution in [2.45, 2.75) is 17.5 Å². The van der Waals surface area contributed by atoms with Crippen molar-refractivity contribution in [1.29, 1.82) is 0 Å². The highest BCUT2D eigenvalue weighted by molar-refractivity contribution is 7.80. The van der Waals surface area contributed by atoms with Gasteiger partial charge in [-0.25, -0.2) is 4.98 Å². The second-order valence-corrected chi connectivity index (χ2v) is 4.84. The van der Waals surface area contributed by atoms with Crippen LogP contribution in [0, 0.1) is 0 Å². The van der Waals surface area contributed by atoms with Crippen molar-refractivity contribution in [2.75, 3.05) is 5.32 Å². The minimum atomic E-state index is -4.49. The summed E-state index contributed by atoms with van der Waals surface area (Å²) in [4.78, 5) is 15.8. The SMILES string of the molecule is O=C(Cc1ccc(S)cc1)Nc1ccc(C(F)(F)F)nc1. The first kappa shape index (κ1) is 15.4. The minimum absolute atomic E-state index is 0.120. The maximum atomic E-state index is 12.3. The molecule has 21 heavy (non-hydrogen) atoms. The van der Waals surface area contributed by atoms with Crippen LogP contribution in [0.2, 0.25) is 0 Å². The largest absolute Gasteiger partial charge is 0.433 e. The Balaban J connectivity index is 1.98. The number of hydrogen-bond donors (Lipinski definition) is 2. The number of nitrogens with one attached hydrogen (secondary N) is 1. The van der Waals surface area contributed by atoms with Crippen LogP contribution in [0.3, 0.4) is 0 Å². The van der Waals surface area contributed by atoms with E-state index >= 15 is 0 Å². The van der Waals surface area contributed by atoms with Gasteiger partial charge in [0.05, 0.1) is 18.3 Å². The second-order valence-electron chi connectivity index (χ2n) is 4.32. The Morgan fingerprint density at radius 1 is 1.14 bits per heavy atom. The number of halogens is 3. The van der Waals surface area contributed by atoms with Crippen molar-refractivity contribution in [3.63, 3.8) is 0 Å². The highest BCUT2D eigenvalue weighted by Crippen LogP contribution is 2.27. The van der Waals surface area contributed by atoms with Gasteiger partial charge in [-0.05, 0) is 29.8 Å². The topological polar surface area (TPSA) is 42.0 Å². The molecule has 0 saturated carbocycles. The lowest BCUT2D eigenvalue weighted by molar-refractivity contribution is -0.141. The predicted octanol–water partition coefficient (Wildman–Crippen LogP) is 3.57. The number of benzene rings is 1. The van der Waals surface area contributed by atoms with E-state index in [4.69, 9.17) is 0 Å². The molecule has 1 aromatic heterocycles. The van der Waals surface area contributed by atoms with Crippen molar-refractivity contribution in [3.05, 3.63) is 53.9 Å². The van der Waals surface area contributed by atoms with Gasteiger partial charge in [0.2, 0.25) is 5.91 Å². The number of nitrogens with zero attached hydrogens (tertiary/aromatic N) is 1. The van der Waals surface area contributed by atoms with Crippen LogP contribution >= 0.6 is 12.6 Å². The number of carbonyl (C=O) groups excluding carboxylic acids is 1. The van der Waals surface area contributed by atoms with Crippen LogP contribution in [0.15, 0.2) is 47.5 Å². The van der Waals surface area contributed by atoms with Gasteiger partial charge >= 0.3 is 6.18 Å². The van der Waals surface area contributed by atoms with Crippen molar-refractivity contribution in [3.8, 4) is 0 Å². The molecule has 0 radical (unpaired) electrons. The molecule has 0 atom stereocenters. The number of aromatic nitrogens is 1. The van der Waals surface area contributed by atoms with Crippen molar-refractivity contribution in [1.82, 2.24) is 4.98 Å². The first-order valence-electron chi connectivity index (χ1n) is 5.95. The van der Waals surface area contributed by atoms with E-state index in [0.29, 0.717) is 0 Å². The molecule has 1 heterocycles. The fourth-order valence-electron chi connectivity index (χ4n) is 1.64. The van der Waals surface area contributed by atoms with E-state index in [1.54, 1.807) is 24.3 Å². The third-order valence-electron chi connectivity index (χ3n) is 2.64. The normalized spacial score (nSPS) is 11.2. The molecule has 110 valence electrons. The van der Waals surface area contributed by atoms with E-state index in [2.05, 4.69) is 22.9 Å². The average Bonchev–Trinajstić information content (AvgIpc) is 2.41. The van der Waals surface area contributed by atoms with Gasteiger partial charge in [0, 0.05) is 4.90 Å². The molecular formula is C14H11F3N2OS. The van der Waals surface area contributed by atoms with E-state index in [1.165, 1.54) is 6.07 Å². The summed E-state index contributed by atoms with van der Waals surface area (Å²) in [5.74, 6) is -0.330. The summed E-state index contributed by atoms with van der Waals surface area (Å²) in [6, 6.07) is 9.02. The Hall–Kier alpha value is -2.02. The standard InChI is InChI=1S/C14H11F3N2OS/c15-14(16,17)12-6-3-10(8-18-12)19-13(20)7-9-1-4-11(21)5-2-9/h1-6,8,21H,7H2,(H,19,20). The quantitative estimate of drug-likeness (QED) is 0.851. The molecule has 7 heteroatoms. The third kappa shape index (κ3) is 4.49. The fraction of sp³-hybridized carbons (Fsp3) is 0.143. The van der Waals surface area contributed by atoms with E-state index < -0.39 is 11.9 Å². The third-order valence-corrected chi connectivity index (χ3v) is 2.94. The Morgan fingerprint density at radius 2 is 1.81 bits per heavy atom. The molecule has 2 rings (SSSR count). The average molecular weight is 312 g/mol. The molecule has 0 fully saturated rings. The molecule has 0 aliphatic rings. The Bertz CT molecular complexity index is 624. The summed E-state index contributed by atoms with van der Waals surface area (Å²) < 4.78 is 37.0. The molecule has 3 nitrogen and oxygen atoms in total. The summed E-state index contributed by atoms with van der Waals surface area (Å²) in [5, 5.41) is 2.50. The van der Waals surface area contributed by atoms with Gasteiger partial charge in [-0.2, -0.15) is 13.2 Å². The van der Waals surface area contributed by atoms with Crippen LogP contribution in [0.4, 0.5) is 18.9 Å². The summed E-state index contributed by atoms with van der Waals surface area (Å²) in [6.45, 7) is 0. The maximum absolute atomic E-state index is 12.3. The van der Waals surface area contributed by atoms with Gasteiger partial charge in [-0.1, -0.05) is 12.1 Å². The molecule has 0 aliphatic carbocycles. The maximum Gasteiger partial charge on any atom is 0.433 e. The summed E-state index contributed by atoms with van der Waals surface area (Å²) >= 11 is 4.13. The Kier molecular flexibility index (Phi) is 4.52. The van der Waals surface area contributed by atoms with E-state index in [0.717, 1.165) is 22.7 Å². The molecule has 0 spiro atoms. The highest BCUT2D eigenvalue weighted by atomic mass is 32.1. The molecule has 1 N–H and O–H groups in total. The van der Waals surface area contributed by atoms with Gasteiger partial charge in [0.25, 0.3) is 0 Å². The summed E-state index contributed by atoms with van der Waals surface area (Å²) in [6.07, 6.45) is -3.39. The molecule has 1 amide bonds. The van der Waals surface area contributed by atoms with Gasteiger partial charge in [0.1, 0.15) is 5.69 Å². The molecular weight excluding hydrogens is 301 g/mol. The lowest BCUT2D eigenvalue weighted by Gasteiger charge is -2.08. The smallest absolute Gasteiger partial charge is 0.324 e. The molecule has 0 aliphatic heterocycles. The van der Waals surface area contributed by atoms with Crippen LogP contribution in [0.1, 0.15) is 11.3 Å². The number of carbonyl (C=O) groups is 1. The van der Waals surface area contributed by atoms with Gasteiger partial charge < -0.3 is 5.32 Å². The van der Waals surface area contributed by atoms with Crippen molar-refractivity contribution in [2.24, 2.45) is 0 Å². The molecule has 0 unspecified atom stereocenters. The highest BCUT2D eigenvalue weighted by Gasteiger charge is 2.32. The summed E-state index contributed by atoms with van der Waals surface area (Å²) in [5.41, 5.74) is 0.00820. The number of pyridine rings is 1. The molecule has 2 aromatic rings. The van der Waals surface area contributed by atoms with Crippen molar-refractivity contribution >= 4 is 24.2 Å². The zero-order valence-corrected chi connectivity index (χ0v) is 11.6. The number of alkyl halides is 3.